The van der Waals surface area contributed by atoms with E-state index in [9.17, 15) is 14.0 Å². The minimum atomic E-state index is -0.310. The average molecular weight is 398 g/mol. The Morgan fingerprint density at radius 2 is 2.03 bits per heavy atom. The lowest BCUT2D eigenvalue weighted by Gasteiger charge is -2.15. The van der Waals surface area contributed by atoms with E-state index in [1.165, 1.54) is 16.8 Å². The minimum absolute atomic E-state index is 0.0504. The molecular formula is C20H23FN6O2. The summed E-state index contributed by atoms with van der Waals surface area (Å²) < 4.78 is 16.2. The first-order chi connectivity index (χ1) is 13.9. The van der Waals surface area contributed by atoms with Gasteiger partial charge in [0.15, 0.2) is 0 Å². The van der Waals surface area contributed by atoms with Crippen molar-refractivity contribution >= 4 is 5.91 Å². The summed E-state index contributed by atoms with van der Waals surface area (Å²) >= 11 is 0. The van der Waals surface area contributed by atoms with E-state index in [1.807, 2.05) is 13.8 Å². The quantitative estimate of drug-likeness (QED) is 0.699. The molecule has 0 radical (unpaired) electrons. The van der Waals surface area contributed by atoms with Crippen LogP contribution >= 0.6 is 0 Å². The number of carbonyl (C=O) groups excluding carboxylic acids is 1. The molecule has 0 aliphatic carbocycles. The SMILES string of the molecule is Cc1nc(C(=O)NC2CCc3nn(Cc4ccc(F)cc4)c(=O)n3CC2)c(C)[nH]1. The third-order valence-corrected chi connectivity index (χ3v) is 5.22. The second kappa shape index (κ2) is 7.65. The van der Waals surface area contributed by atoms with Crippen LogP contribution in [0.3, 0.4) is 0 Å². The Morgan fingerprint density at radius 1 is 1.28 bits per heavy atom. The van der Waals surface area contributed by atoms with Crippen molar-refractivity contribution in [3.63, 3.8) is 0 Å². The normalized spacial score (nSPS) is 16.3. The molecule has 0 fully saturated rings. The Hall–Kier alpha value is -3.23. The van der Waals surface area contributed by atoms with Crippen LogP contribution in [-0.2, 0) is 19.5 Å². The van der Waals surface area contributed by atoms with Gasteiger partial charge in [0.2, 0.25) is 0 Å². The summed E-state index contributed by atoms with van der Waals surface area (Å²) in [7, 11) is 0. The third kappa shape index (κ3) is 3.98. The molecule has 1 atom stereocenters. The van der Waals surface area contributed by atoms with Crippen molar-refractivity contribution in [2.24, 2.45) is 0 Å². The van der Waals surface area contributed by atoms with Crippen molar-refractivity contribution in [1.29, 1.82) is 0 Å². The number of nitrogens with zero attached hydrogens (tertiary/aromatic N) is 4. The standard InChI is InChI=1S/C20H23FN6O2/c1-12-18(23-13(2)22-12)19(28)24-16-7-8-17-25-27(20(29)26(17)10-9-16)11-14-3-5-15(21)6-4-14/h3-6,16H,7-11H2,1-2H3,(H,22,23)(H,24,28). The summed E-state index contributed by atoms with van der Waals surface area (Å²) in [5.74, 6) is 0.899. The molecular weight excluding hydrogens is 375 g/mol. The summed E-state index contributed by atoms with van der Waals surface area (Å²) in [5, 5.41) is 7.49. The number of imidazole rings is 1. The number of nitrogens with one attached hydrogen (secondary N) is 2. The Balaban J connectivity index is 1.43. The number of hydrogen-bond acceptors (Lipinski definition) is 4. The molecule has 9 heteroatoms. The molecule has 152 valence electrons. The number of hydrogen-bond donors (Lipinski definition) is 2. The van der Waals surface area contributed by atoms with Gasteiger partial charge in [-0.25, -0.2) is 18.9 Å². The molecule has 8 nitrogen and oxygen atoms in total. The van der Waals surface area contributed by atoms with Crippen LogP contribution in [0, 0.1) is 19.7 Å². The number of rotatable bonds is 4. The van der Waals surface area contributed by atoms with Gasteiger partial charge in [0.1, 0.15) is 23.2 Å². The monoisotopic (exact) mass is 398 g/mol. The van der Waals surface area contributed by atoms with Crippen LogP contribution < -0.4 is 11.0 Å². The van der Waals surface area contributed by atoms with Crippen molar-refractivity contribution in [2.45, 2.75) is 52.2 Å². The maximum Gasteiger partial charge on any atom is 0.346 e. The zero-order valence-corrected chi connectivity index (χ0v) is 16.4. The molecule has 1 aliphatic heterocycles. The van der Waals surface area contributed by atoms with E-state index < -0.39 is 0 Å². The highest BCUT2D eigenvalue weighted by molar-refractivity contribution is 5.93. The van der Waals surface area contributed by atoms with E-state index in [-0.39, 0.29) is 23.5 Å². The predicted molar refractivity (Wildman–Crippen MR) is 104 cm³/mol. The third-order valence-electron chi connectivity index (χ3n) is 5.22. The Labute approximate surface area is 166 Å². The van der Waals surface area contributed by atoms with Gasteiger partial charge in [-0.2, -0.15) is 5.10 Å². The molecule has 3 aromatic rings. The van der Waals surface area contributed by atoms with Gasteiger partial charge in [-0.1, -0.05) is 12.1 Å². The fourth-order valence-electron chi connectivity index (χ4n) is 3.72. The van der Waals surface area contributed by atoms with E-state index in [1.54, 1.807) is 16.7 Å². The first-order valence-corrected chi connectivity index (χ1v) is 9.65. The molecule has 29 heavy (non-hydrogen) atoms. The molecule has 1 unspecified atom stereocenters. The van der Waals surface area contributed by atoms with E-state index >= 15 is 0 Å². The van der Waals surface area contributed by atoms with Gasteiger partial charge in [0.05, 0.1) is 6.54 Å². The number of halogens is 1. The van der Waals surface area contributed by atoms with Crippen LogP contribution in [0.5, 0.6) is 0 Å². The summed E-state index contributed by atoms with van der Waals surface area (Å²) in [4.78, 5) is 32.5. The molecule has 3 heterocycles. The second-order valence-corrected chi connectivity index (χ2v) is 7.43. The molecule has 0 saturated heterocycles. The minimum Gasteiger partial charge on any atom is -0.348 e. The maximum atomic E-state index is 13.1. The van der Waals surface area contributed by atoms with E-state index in [2.05, 4.69) is 20.4 Å². The summed E-state index contributed by atoms with van der Waals surface area (Å²) in [6.07, 6.45) is 1.93. The molecule has 1 amide bonds. The lowest BCUT2D eigenvalue weighted by atomic mass is 10.1. The number of aryl methyl sites for hydroxylation is 3. The van der Waals surface area contributed by atoms with Crippen molar-refractivity contribution in [3.8, 4) is 0 Å². The van der Waals surface area contributed by atoms with Crippen LogP contribution in [-0.4, -0.2) is 36.3 Å². The molecule has 1 aliphatic rings. The zero-order chi connectivity index (χ0) is 20.5. The maximum absolute atomic E-state index is 13.1. The number of fused-ring (bicyclic) bond motifs is 1. The first kappa shape index (κ1) is 19.1. The smallest absolute Gasteiger partial charge is 0.346 e. The molecule has 4 rings (SSSR count). The molecule has 0 bridgehead atoms. The van der Waals surface area contributed by atoms with Crippen molar-refractivity contribution in [3.05, 3.63) is 69.2 Å². The van der Waals surface area contributed by atoms with Gasteiger partial charge in [0.25, 0.3) is 5.91 Å². The van der Waals surface area contributed by atoms with Crippen LogP contribution in [0.4, 0.5) is 4.39 Å². The number of amides is 1. The van der Waals surface area contributed by atoms with Crippen LogP contribution in [0.15, 0.2) is 29.1 Å². The van der Waals surface area contributed by atoms with Crippen molar-refractivity contribution in [2.75, 3.05) is 0 Å². The fourth-order valence-corrected chi connectivity index (χ4v) is 3.72. The van der Waals surface area contributed by atoms with Gasteiger partial charge in [-0.05, 0) is 44.4 Å². The summed E-state index contributed by atoms with van der Waals surface area (Å²) in [6.45, 7) is 4.42. The molecule has 0 spiro atoms. The second-order valence-electron chi connectivity index (χ2n) is 7.43. The number of H-pyrrole nitrogens is 1. The topological polar surface area (TPSA) is 97.6 Å². The first-order valence-electron chi connectivity index (χ1n) is 9.65. The van der Waals surface area contributed by atoms with Crippen LogP contribution in [0.25, 0.3) is 0 Å². The molecule has 2 aromatic heterocycles. The van der Waals surface area contributed by atoms with Gasteiger partial charge >= 0.3 is 5.69 Å². The Morgan fingerprint density at radius 3 is 2.72 bits per heavy atom. The van der Waals surface area contributed by atoms with Gasteiger partial charge in [-0.15, -0.1) is 0 Å². The lowest BCUT2D eigenvalue weighted by molar-refractivity contribution is 0.0927. The average Bonchev–Trinajstić information content (AvgIpc) is 3.09. The zero-order valence-electron chi connectivity index (χ0n) is 16.4. The summed E-state index contributed by atoms with van der Waals surface area (Å²) in [5.41, 5.74) is 1.78. The predicted octanol–water partition coefficient (Wildman–Crippen LogP) is 1.71. The van der Waals surface area contributed by atoms with Gasteiger partial charge in [0, 0.05) is 24.7 Å². The van der Waals surface area contributed by atoms with Crippen LogP contribution in [0.2, 0.25) is 0 Å². The van der Waals surface area contributed by atoms with E-state index in [4.69, 9.17) is 0 Å². The number of aromatic nitrogens is 5. The number of benzene rings is 1. The summed E-state index contributed by atoms with van der Waals surface area (Å²) in [6, 6.07) is 5.99. The van der Waals surface area contributed by atoms with Crippen molar-refractivity contribution < 1.29 is 9.18 Å². The largest absolute Gasteiger partial charge is 0.348 e. The molecule has 2 N–H and O–H groups in total. The van der Waals surface area contributed by atoms with Crippen LogP contribution in [0.1, 0.15) is 46.2 Å². The highest BCUT2D eigenvalue weighted by Gasteiger charge is 2.23. The Bertz CT molecular complexity index is 1100. The molecule has 0 saturated carbocycles. The number of carbonyl (C=O) groups is 1. The Kier molecular flexibility index (Phi) is 5.04. The highest BCUT2D eigenvalue weighted by Crippen LogP contribution is 2.14. The van der Waals surface area contributed by atoms with E-state index in [0.717, 1.165) is 11.3 Å². The molecule has 1 aromatic carbocycles. The van der Waals surface area contributed by atoms with Gasteiger partial charge < -0.3 is 10.3 Å². The number of aromatic amines is 1. The highest BCUT2D eigenvalue weighted by atomic mass is 19.1. The van der Waals surface area contributed by atoms with Crippen molar-refractivity contribution in [1.82, 2.24) is 29.6 Å². The van der Waals surface area contributed by atoms with Gasteiger partial charge in [-0.3, -0.25) is 9.36 Å². The van der Waals surface area contributed by atoms with E-state index in [0.29, 0.717) is 49.7 Å². The lowest BCUT2D eigenvalue weighted by Crippen LogP contribution is -2.36. The fraction of sp³-hybridized carbons (Fsp3) is 0.400.